The SMILES string of the molecule is O=C1CN(S(=O)(=O)c2cccc(C(=O)NCC(c3cccs3)N3CCCC3)c2)CCN1. The molecule has 0 radical (unpaired) electrons. The van der Waals surface area contributed by atoms with Crippen molar-refractivity contribution in [1.29, 1.82) is 0 Å². The fourth-order valence-electron chi connectivity index (χ4n) is 4.00. The maximum Gasteiger partial charge on any atom is 0.251 e. The molecule has 2 fully saturated rings. The zero-order chi connectivity index (χ0) is 21.8. The van der Waals surface area contributed by atoms with Gasteiger partial charge < -0.3 is 10.6 Å². The monoisotopic (exact) mass is 462 g/mol. The van der Waals surface area contributed by atoms with Crippen LogP contribution in [-0.4, -0.2) is 68.7 Å². The minimum Gasteiger partial charge on any atom is -0.354 e. The molecule has 0 aliphatic carbocycles. The van der Waals surface area contributed by atoms with E-state index in [1.807, 2.05) is 11.4 Å². The van der Waals surface area contributed by atoms with E-state index in [-0.39, 0.29) is 47.9 Å². The van der Waals surface area contributed by atoms with Crippen molar-refractivity contribution in [2.75, 3.05) is 39.3 Å². The lowest BCUT2D eigenvalue weighted by molar-refractivity contribution is -0.122. The molecule has 2 saturated heterocycles. The van der Waals surface area contributed by atoms with Crippen molar-refractivity contribution in [1.82, 2.24) is 19.8 Å². The lowest BCUT2D eigenvalue weighted by atomic mass is 10.2. The second kappa shape index (κ2) is 9.47. The van der Waals surface area contributed by atoms with Gasteiger partial charge in [0.2, 0.25) is 15.9 Å². The minimum atomic E-state index is -3.84. The first kappa shape index (κ1) is 21.9. The van der Waals surface area contributed by atoms with Gasteiger partial charge in [-0.1, -0.05) is 12.1 Å². The van der Waals surface area contributed by atoms with E-state index in [9.17, 15) is 18.0 Å². The molecule has 1 aromatic carbocycles. The van der Waals surface area contributed by atoms with Gasteiger partial charge in [0.1, 0.15) is 0 Å². The molecule has 31 heavy (non-hydrogen) atoms. The summed E-state index contributed by atoms with van der Waals surface area (Å²) in [6.07, 6.45) is 2.31. The third-order valence-corrected chi connectivity index (χ3v) is 8.46. The van der Waals surface area contributed by atoms with E-state index in [0.29, 0.717) is 6.54 Å². The Balaban J connectivity index is 1.47. The zero-order valence-corrected chi connectivity index (χ0v) is 18.8. The van der Waals surface area contributed by atoms with E-state index < -0.39 is 10.0 Å². The van der Waals surface area contributed by atoms with Gasteiger partial charge in [0.25, 0.3) is 5.91 Å². The summed E-state index contributed by atoms with van der Waals surface area (Å²) >= 11 is 1.68. The van der Waals surface area contributed by atoms with Crippen molar-refractivity contribution in [3.05, 3.63) is 52.2 Å². The van der Waals surface area contributed by atoms with E-state index in [1.54, 1.807) is 23.5 Å². The molecule has 2 N–H and O–H groups in total. The number of hydrogen-bond donors (Lipinski definition) is 2. The second-order valence-electron chi connectivity index (χ2n) is 7.70. The molecule has 2 amide bonds. The summed E-state index contributed by atoms with van der Waals surface area (Å²) in [5.74, 6) is -0.639. The standard InChI is InChI=1S/C21H26N4O4S2/c26-20-15-25(11-8-22-20)31(28,29)17-6-3-5-16(13-17)21(27)23-14-18(19-7-4-12-30-19)24-9-1-2-10-24/h3-7,12-13,18H,1-2,8-11,14-15H2,(H,22,26)(H,23,27). The zero-order valence-electron chi connectivity index (χ0n) is 17.1. The summed E-state index contributed by atoms with van der Waals surface area (Å²) in [7, 11) is -3.84. The van der Waals surface area contributed by atoms with Crippen LogP contribution in [0.1, 0.15) is 34.1 Å². The van der Waals surface area contributed by atoms with Gasteiger partial charge in [0, 0.05) is 30.1 Å². The van der Waals surface area contributed by atoms with Crippen LogP contribution in [0.25, 0.3) is 0 Å². The summed E-state index contributed by atoms with van der Waals surface area (Å²) in [6.45, 7) is 2.76. The first-order valence-electron chi connectivity index (χ1n) is 10.4. The molecule has 0 saturated carbocycles. The summed E-state index contributed by atoms with van der Waals surface area (Å²) < 4.78 is 27.0. The second-order valence-corrected chi connectivity index (χ2v) is 10.6. The average Bonchev–Trinajstić information content (AvgIpc) is 3.49. The van der Waals surface area contributed by atoms with Crippen LogP contribution in [0.15, 0.2) is 46.7 Å². The summed E-state index contributed by atoms with van der Waals surface area (Å²) in [5, 5.41) is 7.63. The lowest BCUT2D eigenvalue weighted by Crippen LogP contribution is -2.49. The topological polar surface area (TPSA) is 98.8 Å². The van der Waals surface area contributed by atoms with Gasteiger partial charge in [-0.15, -0.1) is 11.3 Å². The summed E-state index contributed by atoms with van der Waals surface area (Å²) in [6, 6.07) is 10.2. The Morgan fingerprint density at radius 3 is 2.68 bits per heavy atom. The number of benzene rings is 1. The molecule has 0 spiro atoms. The Morgan fingerprint density at radius 1 is 1.16 bits per heavy atom. The van der Waals surface area contributed by atoms with E-state index in [2.05, 4.69) is 21.6 Å². The highest BCUT2D eigenvalue weighted by atomic mass is 32.2. The average molecular weight is 463 g/mol. The third kappa shape index (κ3) is 4.98. The lowest BCUT2D eigenvalue weighted by Gasteiger charge is -2.27. The number of carbonyl (C=O) groups is 2. The quantitative estimate of drug-likeness (QED) is 0.649. The first-order chi connectivity index (χ1) is 14.9. The van der Waals surface area contributed by atoms with Gasteiger partial charge in [-0.05, 0) is 55.6 Å². The van der Waals surface area contributed by atoms with Crippen LogP contribution in [0, 0.1) is 0 Å². The van der Waals surface area contributed by atoms with Gasteiger partial charge in [-0.3, -0.25) is 14.5 Å². The van der Waals surface area contributed by atoms with Crippen LogP contribution < -0.4 is 10.6 Å². The van der Waals surface area contributed by atoms with Crippen LogP contribution >= 0.6 is 11.3 Å². The molecule has 166 valence electrons. The number of thiophene rings is 1. The Labute approximate surface area is 186 Å². The number of nitrogens with one attached hydrogen (secondary N) is 2. The number of sulfonamides is 1. The van der Waals surface area contributed by atoms with Gasteiger partial charge in [0.15, 0.2) is 0 Å². The first-order valence-corrected chi connectivity index (χ1v) is 12.7. The minimum absolute atomic E-state index is 0.0178. The van der Waals surface area contributed by atoms with Crippen molar-refractivity contribution in [3.8, 4) is 0 Å². The molecule has 2 aliphatic rings. The molecule has 1 atom stereocenters. The molecule has 1 aromatic heterocycles. The molecule has 1 unspecified atom stereocenters. The Kier molecular flexibility index (Phi) is 6.71. The molecule has 0 bridgehead atoms. The summed E-state index contributed by atoms with van der Waals surface area (Å²) in [5.41, 5.74) is 0.286. The molecule has 8 nitrogen and oxygen atoms in total. The van der Waals surface area contributed by atoms with E-state index in [1.165, 1.54) is 17.0 Å². The molecule has 3 heterocycles. The molecular formula is C21H26N4O4S2. The van der Waals surface area contributed by atoms with Crippen molar-refractivity contribution < 1.29 is 18.0 Å². The van der Waals surface area contributed by atoms with Gasteiger partial charge in [-0.2, -0.15) is 4.31 Å². The molecular weight excluding hydrogens is 436 g/mol. The Morgan fingerprint density at radius 2 is 1.97 bits per heavy atom. The number of nitrogens with zero attached hydrogens (tertiary/aromatic N) is 2. The van der Waals surface area contributed by atoms with Crippen LogP contribution in [0.4, 0.5) is 0 Å². The molecule has 10 heteroatoms. The van der Waals surface area contributed by atoms with Crippen LogP contribution in [0.2, 0.25) is 0 Å². The number of carbonyl (C=O) groups excluding carboxylic acids is 2. The van der Waals surface area contributed by atoms with Crippen LogP contribution in [0.3, 0.4) is 0 Å². The van der Waals surface area contributed by atoms with Crippen molar-refractivity contribution in [2.24, 2.45) is 0 Å². The normalized spacial score (nSPS) is 19.2. The Hall–Kier alpha value is -2.27. The van der Waals surface area contributed by atoms with Crippen LogP contribution in [-0.2, 0) is 14.8 Å². The largest absolute Gasteiger partial charge is 0.354 e. The highest BCUT2D eigenvalue weighted by molar-refractivity contribution is 7.89. The third-order valence-electron chi connectivity index (χ3n) is 5.65. The fourth-order valence-corrected chi connectivity index (χ4v) is 6.31. The van der Waals surface area contributed by atoms with E-state index in [4.69, 9.17) is 0 Å². The Bertz CT molecular complexity index is 1030. The van der Waals surface area contributed by atoms with Crippen molar-refractivity contribution in [3.63, 3.8) is 0 Å². The predicted molar refractivity (Wildman–Crippen MR) is 118 cm³/mol. The maximum absolute atomic E-state index is 12.9. The predicted octanol–water partition coefficient (Wildman–Crippen LogP) is 1.44. The molecule has 2 aromatic rings. The fraction of sp³-hybridized carbons (Fsp3) is 0.429. The number of likely N-dealkylation sites (tertiary alicyclic amines) is 1. The van der Waals surface area contributed by atoms with E-state index in [0.717, 1.165) is 30.2 Å². The summed E-state index contributed by atoms with van der Waals surface area (Å²) in [4.78, 5) is 28.1. The number of rotatable bonds is 7. The van der Waals surface area contributed by atoms with Crippen LogP contribution in [0.5, 0.6) is 0 Å². The van der Waals surface area contributed by atoms with Crippen molar-refractivity contribution >= 4 is 33.2 Å². The van der Waals surface area contributed by atoms with Gasteiger partial charge in [-0.25, -0.2) is 8.42 Å². The smallest absolute Gasteiger partial charge is 0.251 e. The highest BCUT2D eigenvalue weighted by Gasteiger charge is 2.30. The van der Waals surface area contributed by atoms with Gasteiger partial charge >= 0.3 is 0 Å². The number of hydrogen-bond acceptors (Lipinski definition) is 6. The highest BCUT2D eigenvalue weighted by Crippen LogP contribution is 2.28. The van der Waals surface area contributed by atoms with Gasteiger partial charge in [0.05, 0.1) is 17.5 Å². The van der Waals surface area contributed by atoms with Crippen molar-refractivity contribution in [2.45, 2.75) is 23.8 Å². The van der Waals surface area contributed by atoms with E-state index >= 15 is 0 Å². The maximum atomic E-state index is 12.9. The molecule has 4 rings (SSSR count). The number of amides is 2. The number of piperazine rings is 1. The molecule has 2 aliphatic heterocycles.